The Kier molecular flexibility index (Phi) is 4.39. The van der Waals surface area contributed by atoms with E-state index in [1.807, 2.05) is 49.4 Å². The Morgan fingerprint density at radius 1 is 1.00 bits per heavy atom. The number of rotatable bonds is 4. The van der Waals surface area contributed by atoms with Crippen LogP contribution in [0.5, 0.6) is 0 Å². The van der Waals surface area contributed by atoms with Gasteiger partial charge in [-0.05, 0) is 31.2 Å². The van der Waals surface area contributed by atoms with Gasteiger partial charge in [0.05, 0.1) is 5.41 Å². The second kappa shape index (κ2) is 6.73. The Hall–Kier alpha value is -2.81. The largest absolute Gasteiger partial charge is 0.303 e. The Morgan fingerprint density at radius 2 is 1.67 bits per heavy atom. The molecule has 3 heteroatoms. The highest BCUT2D eigenvalue weighted by Gasteiger charge is 2.58. The number of hydrogen-bond acceptors (Lipinski definition) is 3. The van der Waals surface area contributed by atoms with Crippen molar-refractivity contribution >= 4 is 17.9 Å². The van der Waals surface area contributed by atoms with Gasteiger partial charge in [-0.1, -0.05) is 66.2 Å². The van der Waals surface area contributed by atoms with Crippen LogP contribution in [0.3, 0.4) is 0 Å². The van der Waals surface area contributed by atoms with E-state index in [-0.39, 0.29) is 23.9 Å². The van der Waals surface area contributed by atoms with Crippen LogP contribution < -0.4 is 0 Å². The van der Waals surface area contributed by atoms with Crippen LogP contribution in [0.2, 0.25) is 0 Å². The number of carbonyl (C=O) groups excluding carboxylic acids is 3. The zero-order valence-corrected chi connectivity index (χ0v) is 15.4. The van der Waals surface area contributed by atoms with Crippen LogP contribution >= 0.6 is 0 Å². The molecule has 3 atom stereocenters. The van der Waals surface area contributed by atoms with Crippen molar-refractivity contribution in [3.8, 4) is 0 Å². The van der Waals surface area contributed by atoms with E-state index < -0.39 is 11.3 Å². The lowest BCUT2D eigenvalue weighted by Gasteiger charge is -2.49. The highest BCUT2D eigenvalue weighted by Crippen LogP contribution is 2.54. The summed E-state index contributed by atoms with van der Waals surface area (Å²) < 4.78 is 0. The third kappa shape index (κ3) is 2.69. The topological polar surface area (TPSA) is 51.2 Å². The van der Waals surface area contributed by atoms with Crippen LogP contribution in [-0.4, -0.2) is 17.9 Å². The minimum absolute atomic E-state index is 0.00199. The molecular formula is C24H22O3. The summed E-state index contributed by atoms with van der Waals surface area (Å²) in [6, 6.07) is 16.9. The van der Waals surface area contributed by atoms with Gasteiger partial charge in [-0.15, -0.1) is 0 Å². The van der Waals surface area contributed by atoms with Gasteiger partial charge in [0.25, 0.3) is 0 Å². The summed E-state index contributed by atoms with van der Waals surface area (Å²) in [7, 11) is 0. The second-order valence-electron chi connectivity index (χ2n) is 7.72. The zero-order chi connectivity index (χ0) is 19.0. The highest BCUT2D eigenvalue weighted by atomic mass is 16.1. The molecule has 2 aromatic carbocycles. The van der Waals surface area contributed by atoms with Crippen molar-refractivity contribution < 1.29 is 14.4 Å². The Bertz CT molecular complexity index is 941. The van der Waals surface area contributed by atoms with Gasteiger partial charge in [0.2, 0.25) is 0 Å². The van der Waals surface area contributed by atoms with E-state index in [0.29, 0.717) is 24.0 Å². The molecule has 0 amide bonds. The standard InChI is InChI=1S/C24H22O3/c1-16-13-18(11-12-25)24(15-17-7-3-2-4-8-17)21(14-16)22(26)19-9-5-6-10-20(19)23(24)27/h2-10,12-13,18,21H,11,14-15H2,1H3/t18-,21+,24+/m1/s1. The molecule has 27 heavy (non-hydrogen) atoms. The molecule has 0 fully saturated rings. The maximum Gasteiger partial charge on any atom is 0.171 e. The van der Waals surface area contributed by atoms with Crippen molar-refractivity contribution in [1.29, 1.82) is 0 Å². The average Bonchev–Trinajstić information content (AvgIpc) is 2.69. The van der Waals surface area contributed by atoms with E-state index in [4.69, 9.17) is 0 Å². The number of aldehydes is 1. The van der Waals surface area contributed by atoms with E-state index in [0.717, 1.165) is 17.4 Å². The molecule has 0 unspecified atom stereocenters. The maximum absolute atomic E-state index is 13.8. The lowest BCUT2D eigenvalue weighted by molar-refractivity contribution is -0.109. The maximum atomic E-state index is 13.8. The summed E-state index contributed by atoms with van der Waals surface area (Å²) in [5.41, 5.74) is 2.23. The number of carbonyl (C=O) groups is 3. The van der Waals surface area contributed by atoms with E-state index in [9.17, 15) is 14.4 Å². The number of hydrogen-bond donors (Lipinski definition) is 0. The van der Waals surface area contributed by atoms with Crippen molar-refractivity contribution in [2.24, 2.45) is 17.3 Å². The van der Waals surface area contributed by atoms with Crippen LogP contribution in [0, 0.1) is 17.3 Å². The molecule has 0 bridgehead atoms. The van der Waals surface area contributed by atoms with Crippen molar-refractivity contribution in [3.63, 3.8) is 0 Å². The van der Waals surface area contributed by atoms with Gasteiger partial charge in [0, 0.05) is 23.5 Å². The molecule has 0 aliphatic heterocycles. The first-order chi connectivity index (χ1) is 13.1. The first-order valence-corrected chi connectivity index (χ1v) is 9.41. The molecule has 2 aromatic rings. The molecular weight excluding hydrogens is 336 g/mol. The molecule has 0 spiro atoms. The number of fused-ring (bicyclic) bond motifs is 2. The smallest absolute Gasteiger partial charge is 0.171 e. The van der Waals surface area contributed by atoms with Gasteiger partial charge in [0.15, 0.2) is 11.6 Å². The minimum Gasteiger partial charge on any atom is -0.303 e. The van der Waals surface area contributed by atoms with Gasteiger partial charge < -0.3 is 4.79 Å². The Labute approximate surface area is 159 Å². The lowest BCUT2D eigenvalue weighted by Crippen LogP contribution is -2.54. The SMILES string of the molecule is CC1=C[C@@H](CC=O)[C@]2(Cc3ccccc3)C(=O)c3ccccc3C(=O)[C@@H]2C1. The van der Waals surface area contributed by atoms with E-state index in [2.05, 4.69) is 0 Å². The second-order valence-corrected chi connectivity index (χ2v) is 7.72. The fourth-order valence-corrected chi connectivity index (χ4v) is 4.96. The summed E-state index contributed by atoms with van der Waals surface area (Å²) in [4.78, 5) is 38.7. The molecule has 136 valence electrons. The van der Waals surface area contributed by atoms with E-state index in [1.165, 1.54) is 0 Å². The number of Topliss-reactive ketones (excluding diaryl/α,β-unsaturated/α-hetero) is 2. The normalized spacial score (nSPS) is 26.8. The molecule has 4 rings (SSSR count). The zero-order valence-electron chi connectivity index (χ0n) is 15.4. The van der Waals surface area contributed by atoms with Crippen LogP contribution in [0.15, 0.2) is 66.2 Å². The van der Waals surface area contributed by atoms with Gasteiger partial charge in [-0.3, -0.25) is 9.59 Å². The van der Waals surface area contributed by atoms with Crippen LogP contribution in [0.1, 0.15) is 46.0 Å². The summed E-state index contributed by atoms with van der Waals surface area (Å²) >= 11 is 0. The number of allylic oxidation sites excluding steroid dienone is 2. The highest BCUT2D eigenvalue weighted by molar-refractivity contribution is 6.18. The van der Waals surface area contributed by atoms with Crippen molar-refractivity contribution in [1.82, 2.24) is 0 Å². The molecule has 3 nitrogen and oxygen atoms in total. The van der Waals surface area contributed by atoms with Crippen LogP contribution in [-0.2, 0) is 11.2 Å². The third-order valence-corrected chi connectivity index (χ3v) is 6.16. The van der Waals surface area contributed by atoms with Crippen molar-refractivity contribution in [2.75, 3.05) is 0 Å². The summed E-state index contributed by atoms with van der Waals surface area (Å²) in [5, 5.41) is 0. The summed E-state index contributed by atoms with van der Waals surface area (Å²) in [6.45, 7) is 1.99. The molecule has 0 radical (unpaired) electrons. The Morgan fingerprint density at radius 3 is 2.37 bits per heavy atom. The number of ketones is 2. The minimum atomic E-state index is -0.896. The van der Waals surface area contributed by atoms with Gasteiger partial charge in [0.1, 0.15) is 6.29 Å². The first-order valence-electron chi connectivity index (χ1n) is 9.41. The first kappa shape index (κ1) is 17.6. The quantitative estimate of drug-likeness (QED) is 0.599. The van der Waals surface area contributed by atoms with Crippen LogP contribution in [0.4, 0.5) is 0 Å². The van der Waals surface area contributed by atoms with E-state index >= 15 is 0 Å². The van der Waals surface area contributed by atoms with Crippen molar-refractivity contribution in [2.45, 2.75) is 26.2 Å². The van der Waals surface area contributed by atoms with Gasteiger partial charge >= 0.3 is 0 Å². The summed E-state index contributed by atoms with van der Waals surface area (Å²) in [6.07, 6.45) is 4.22. The van der Waals surface area contributed by atoms with Gasteiger partial charge in [-0.2, -0.15) is 0 Å². The van der Waals surface area contributed by atoms with Gasteiger partial charge in [-0.25, -0.2) is 0 Å². The molecule has 2 aliphatic carbocycles. The van der Waals surface area contributed by atoms with Crippen LogP contribution in [0.25, 0.3) is 0 Å². The molecule has 0 heterocycles. The molecule has 0 aromatic heterocycles. The fraction of sp³-hybridized carbons (Fsp3) is 0.292. The lowest BCUT2D eigenvalue weighted by atomic mass is 9.51. The molecule has 0 N–H and O–H groups in total. The molecule has 2 aliphatic rings. The third-order valence-electron chi connectivity index (χ3n) is 6.16. The summed E-state index contributed by atoms with van der Waals surface area (Å²) in [5.74, 6) is -0.652. The molecule has 0 saturated heterocycles. The number of benzene rings is 2. The Balaban J connectivity index is 1.95. The van der Waals surface area contributed by atoms with E-state index in [1.54, 1.807) is 18.2 Å². The monoisotopic (exact) mass is 358 g/mol. The molecule has 0 saturated carbocycles. The van der Waals surface area contributed by atoms with Crippen molar-refractivity contribution in [3.05, 3.63) is 82.9 Å². The fourth-order valence-electron chi connectivity index (χ4n) is 4.96. The average molecular weight is 358 g/mol. The predicted octanol–water partition coefficient (Wildman–Crippen LogP) is 4.47. The predicted molar refractivity (Wildman–Crippen MR) is 104 cm³/mol.